The number of benzene rings is 1. The number of carbonyl (C=O) groups is 2. The second-order valence-electron chi connectivity index (χ2n) is 6.99. The van der Waals surface area contributed by atoms with Crippen molar-refractivity contribution in [2.45, 2.75) is 19.5 Å². The number of esters is 1. The Balaban J connectivity index is 1.62. The Morgan fingerprint density at radius 1 is 1.33 bits per heavy atom. The zero-order chi connectivity index (χ0) is 21.3. The Morgan fingerprint density at radius 3 is 2.77 bits per heavy atom. The minimum absolute atomic E-state index is 0.192. The molecule has 1 aromatic carbocycles. The summed E-state index contributed by atoms with van der Waals surface area (Å²) in [5.41, 5.74) is 1.48. The summed E-state index contributed by atoms with van der Waals surface area (Å²) in [5, 5.41) is 5.37. The fourth-order valence-electron chi connectivity index (χ4n) is 3.59. The summed E-state index contributed by atoms with van der Waals surface area (Å²) in [6, 6.07) is 10.2. The molecule has 9 nitrogen and oxygen atoms in total. The Bertz CT molecular complexity index is 1150. The van der Waals surface area contributed by atoms with Crippen LogP contribution in [0.5, 0.6) is 0 Å². The Labute approximate surface area is 175 Å². The number of aromatic nitrogens is 2. The minimum atomic E-state index is -0.787. The van der Waals surface area contributed by atoms with Gasteiger partial charge in [-0.2, -0.15) is 0 Å². The second kappa shape index (κ2) is 8.25. The molecule has 0 unspecified atom stereocenters. The third-order valence-electron chi connectivity index (χ3n) is 5.02. The van der Waals surface area contributed by atoms with Crippen molar-refractivity contribution < 1.29 is 23.5 Å². The number of carbonyl (C=O) groups excluding carboxylic acids is 2. The number of rotatable bonds is 5. The third-order valence-corrected chi connectivity index (χ3v) is 6.15. The molecule has 3 heterocycles. The largest absolute Gasteiger partial charge is 0.465 e. The van der Waals surface area contributed by atoms with Crippen molar-refractivity contribution in [2.75, 3.05) is 19.0 Å². The van der Waals surface area contributed by atoms with E-state index < -0.39 is 17.5 Å². The molecule has 3 aromatic rings. The fourth-order valence-corrected chi connectivity index (χ4v) is 4.86. The van der Waals surface area contributed by atoms with Crippen LogP contribution in [0.4, 0.5) is 5.00 Å². The smallest absolute Gasteiger partial charge is 0.440 e. The summed E-state index contributed by atoms with van der Waals surface area (Å²) in [6.07, 6.45) is 0.666. The maximum Gasteiger partial charge on any atom is 0.440 e. The van der Waals surface area contributed by atoms with E-state index in [-0.39, 0.29) is 5.69 Å². The Morgan fingerprint density at radius 2 is 2.10 bits per heavy atom. The predicted octanol–water partition coefficient (Wildman–Crippen LogP) is 1.45. The molecular formula is C20H21N4O5S+. The molecule has 0 spiro atoms. The third kappa shape index (κ3) is 3.79. The molecule has 0 saturated heterocycles. The van der Waals surface area contributed by atoms with Gasteiger partial charge in [0.05, 0.1) is 12.7 Å². The second-order valence-corrected chi connectivity index (χ2v) is 8.09. The van der Waals surface area contributed by atoms with Gasteiger partial charge in [-0.05, 0) is 22.8 Å². The number of hydrogen-bond acceptors (Lipinski definition) is 7. The first-order chi connectivity index (χ1) is 14.5. The molecule has 0 aliphatic carbocycles. The van der Waals surface area contributed by atoms with Gasteiger partial charge in [-0.15, -0.1) is 11.3 Å². The van der Waals surface area contributed by atoms with Crippen LogP contribution in [0.2, 0.25) is 0 Å². The van der Waals surface area contributed by atoms with Crippen molar-refractivity contribution in [3.63, 3.8) is 0 Å². The highest BCUT2D eigenvalue weighted by molar-refractivity contribution is 7.17. The number of hydrogen-bond donors (Lipinski definition) is 2. The van der Waals surface area contributed by atoms with E-state index in [1.54, 1.807) is 0 Å². The average Bonchev–Trinajstić information content (AvgIpc) is 3.26. The van der Waals surface area contributed by atoms with Crippen molar-refractivity contribution >= 4 is 28.2 Å². The van der Waals surface area contributed by atoms with Crippen LogP contribution in [-0.2, 0) is 31.3 Å². The maximum atomic E-state index is 12.6. The molecule has 30 heavy (non-hydrogen) atoms. The van der Waals surface area contributed by atoms with Crippen LogP contribution < -0.4 is 15.6 Å². The van der Waals surface area contributed by atoms with E-state index in [0.29, 0.717) is 23.5 Å². The van der Waals surface area contributed by atoms with Crippen LogP contribution >= 0.6 is 11.3 Å². The molecule has 2 aromatic heterocycles. The number of aryl methyl sites for hydroxylation is 1. The van der Waals surface area contributed by atoms with Crippen molar-refractivity contribution in [1.82, 2.24) is 10.2 Å². The van der Waals surface area contributed by atoms with Gasteiger partial charge in [0.15, 0.2) is 7.05 Å². The number of nitrogens with one attached hydrogen (secondary N) is 2. The highest BCUT2D eigenvalue weighted by Crippen LogP contribution is 2.38. The van der Waals surface area contributed by atoms with Crippen LogP contribution in [0.15, 0.2) is 39.6 Å². The van der Waals surface area contributed by atoms with Gasteiger partial charge in [0.1, 0.15) is 5.00 Å². The maximum absolute atomic E-state index is 12.6. The molecule has 2 N–H and O–H groups in total. The predicted molar refractivity (Wildman–Crippen MR) is 108 cm³/mol. The number of amides is 1. The lowest BCUT2D eigenvalue weighted by Gasteiger charge is -2.27. The summed E-state index contributed by atoms with van der Waals surface area (Å²) in [4.78, 5) is 40.2. The van der Waals surface area contributed by atoms with Gasteiger partial charge < -0.3 is 10.1 Å². The van der Waals surface area contributed by atoms with Gasteiger partial charge in [-0.3, -0.25) is 14.2 Å². The monoisotopic (exact) mass is 429 g/mol. The van der Waals surface area contributed by atoms with Gasteiger partial charge in [0, 0.05) is 24.5 Å². The van der Waals surface area contributed by atoms with Gasteiger partial charge in [0.25, 0.3) is 0 Å². The van der Waals surface area contributed by atoms with Gasteiger partial charge >= 0.3 is 23.2 Å². The van der Waals surface area contributed by atoms with E-state index >= 15 is 0 Å². The fraction of sp³-hybridized carbons (Fsp3) is 0.300. The number of anilines is 1. The van der Waals surface area contributed by atoms with Crippen LogP contribution in [0.1, 0.15) is 36.9 Å². The quantitative estimate of drug-likeness (QED) is 0.470. The topological polar surface area (TPSA) is 109 Å². The molecule has 156 valence electrons. The van der Waals surface area contributed by atoms with Gasteiger partial charge in [0.2, 0.25) is 0 Å². The molecule has 0 atom stereocenters. The van der Waals surface area contributed by atoms with Crippen molar-refractivity contribution in [3.8, 4) is 0 Å². The van der Waals surface area contributed by atoms with E-state index in [4.69, 9.17) is 4.74 Å². The normalized spacial score (nSPS) is 13.7. The number of H-pyrrole nitrogens is 1. The highest BCUT2D eigenvalue weighted by Gasteiger charge is 2.32. The van der Waals surface area contributed by atoms with Crippen LogP contribution in [0.25, 0.3) is 0 Å². The van der Waals surface area contributed by atoms with E-state index in [9.17, 15) is 14.4 Å². The zero-order valence-electron chi connectivity index (χ0n) is 16.6. The first-order valence-corrected chi connectivity index (χ1v) is 10.2. The van der Waals surface area contributed by atoms with Gasteiger partial charge in [-0.1, -0.05) is 35.0 Å². The van der Waals surface area contributed by atoms with Gasteiger partial charge in [-0.25, -0.2) is 9.59 Å². The molecule has 0 bridgehead atoms. The molecule has 4 rings (SSSR count). The molecule has 0 saturated carbocycles. The summed E-state index contributed by atoms with van der Waals surface area (Å²) in [6.45, 7) is 2.24. The summed E-state index contributed by atoms with van der Waals surface area (Å²) in [7, 11) is 2.80. The van der Waals surface area contributed by atoms with E-state index in [0.717, 1.165) is 23.5 Å². The Kier molecular flexibility index (Phi) is 5.51. The van der Waals surface area contributed by atoms with E-state index in [1.165, 1.54) is 35.7 Å². The number of aromatic amines is 1. The molecule has 10 heteroatoms. The van der Waals surface area contributed by atoms with Crippen LogP contribution in [0, 0.1) is 0 Å². The molecule has 0 fully saturated rings. The van der Waals surface area contributed by atoms with Crippen molar-refractivity contribution in [3.05, 3.63) is 68.0 Å². The molecule has 0 radical (unpaired) electrons. The van der Waals surface area contributed by atoms with E-state index in [2.05, 4.69) is 32.1 Å². The average molecular weight is 429 g/mol. The number of nitrogens with zero attached hydrogens (tertiary/aromatic N) is 2. The Hall–Kier alpha value is -3.24. The molecule has 1 aliphatic heterocycles. The zero-order valence-corrected chi connectivity index (χ0v) is 17.4. The lowest BCUT2D eigenvalue weighted by atomic mass is 10.0. The van der Waals surface area contributed by atoms with Crippen LogP contribution in [0.3, 0.4) is 0 Å². The van der Waals surface area contributed by atoms with Crippen LogP contribution in [-0.4, -0.2) is 35.7 Å². The first-order valence-electron chi connectivity index (χ1n) is 9.36. The summed E-state index contributed by atoms with van der Waals surface area (Å²) < 4.78 is 10.8. The molecular weight excluding hydrogens is 408 g/mol. The molecule has 1 aliphatic rings. The SMILES string of the molecule is COC(=O)c1c(NC(=O)c2c(=O)o[nH][n+]2C)sc2c1CCN(Cc1ccccc1)C2. The number of ether oxygens (including phenoxy) is 1. The first kappa shape index (κ1) is 20.0. The summed E-state index contributed by atoms with van der Waals surface area (Å²) in [5.74, 6) is -1.16. The van der Waals surface area contributed by atoms with Crippen molar-refractivity contribution in [2.24, 2.45) is 7.05 Å². The van der Waals surface area contributed by atoms with Crippen molar-refractivity contribution in [1.29, 1.82) is 0 Å². The lowest BCUT2D eigenvalue weighted by Crippen LogP contribution is -2.41. The lowest BCUT2D eigenvalue weighted by molar-refractivity contribution is -0.741. The summed E-state index contributed by atoms with van der Waals surface area (Å²) >= 11 is 1.33. The number of thiophene rings is 1. The minimum Gasteiger partial charge on any atom is -0.465 e. The number of methoxy groups -OCH3 is 1. The highest BCUT2D eigenvalue weighted by atomic mass is 32.1. The molecule has 1 amide bonds. The van der Waals surface area contributed by atoms with E-state index in [1.807, 2.05) is 18.2 Å². The number of fused-ring (bicyclic) bond motifs is 1. The standard InChI is InChI=1S/C20H20N4O5S/c1-23-16(20(27)29-22-23)17(25)21-18-15(19(26)28-2)13-8-9-24(11-14(13)30-18)10-12-6-4-3-5-7-12/h3-7H,8-11H2,1-2H3,(H-,21,22,25,26,27)/p+1.